The van der Waals surface area contributed by atoms with E-state index in [1.165, 1.54) is 6.92 Å². The molecule has 150 valence electrons. The molecule has 0 saturated carbocycles. The Morgan fingerprint density at radius 1 is 0.967 bits per heavy atom. The SMILES string of the molecule is CC(=O)N[C@@H](C)c1ccc2c(c1)ncn2-c1cccc(-c2ccccc2C(C)=O)c1. The topological polar surface area (TPSA) is 64.0 Å². The van der Waals surface area contributed by atoms with E-state index in [-0.39, 0.29) is 17.7 Å². The maximum absolute atomic E-state index is 12.0. The summed E-state index contributed by atoms with van der Waals surface area (Å²) in [4.78, 5) is 27.9. The lowest BCUT2D eigenvalue weighted by Crippen LogP contribution is -2.23. The van der Waals surface area contributed by atoms with E-state index < -0.39 is 0 Å². The van der Waals surface area contributed by atoms with Crippen LogP contribution in [-0.4, -0.2) is 21.2 Å². The smallest absolute Gasteiger partial charge is 0.217 e. The molecule has 0 saturated heterocycles. The Bertz CT molecular complexity index is 1260. The number of rotatable bonds is 5. The molecular formula is C25H23N3O2. The number of amides is 1. The summed E-state index contributed by atoms with van der Waals surface area (Å²) in [5, 5.41) is 2.90. The number of carbonyl (C=O) groups excluding carboxylic acids is 2. The zero-order valence-electron chi connectivity index (χ0n) is 17.2. The third-order valence-electron chi connectivity index (χ3n) is 5.23. The Hall–Kier alpha value is -3.73. The minimum atomic E-state index is -0.0801. The van der Waals surface area contributed by atoms with Crippen molar-refractivity contribution in [2.75, 3.05) is 0 Å². The molecule has 0 radical (unpaired) electrons. The minimum Gasteiger partial charge on any atom is -0.350 e. The van der Waals surface area contributed by atoms with E-state index in [1.54, 1.807) is 13.3 Å². The number of nitrogens with one attached hydrogen (secondary N) is 1. The third-order valence-corrected chi connectivity index (χ3v) is 5.23. The van der Waals surface area contributed by atoms with Gasteiger partial charge in [0.05, 0.1) is 17.1 Å². The Labute approximate surface area is 175 Å². The van der Waals surface area contributed by atoms with Crippen LogP contribution in [0.4, 0.5) is 0 Å². The van der Waals surface area contributed by atoms with E-state index in [9.17, 15) is 9.59 Å². The van der Waals surface area contributed by atoms with Gasteiger partial charge in [0.2, 0.25) is 5.91 Å². The highest BCUT2D eigenvalue weighted by Gasteiger charge is 2.12. The van der Waals surface area contributed by atoms with Crippen LogP contribution in [0.2, 0.25) is 0 Å². The highest BCUT2D eigenvalue weighted by atomic mass is 16.1. The molecule has 1 amide bonds. The van der Waals surface area contributed by atoms with Crippen molar-refractivity contribution in [1.29, 1.82) is 0 Å². The second-order valence-corrected chi connectivity index (χ2v) is 7.44. The van der Waals surface area contributed by atoms with Crippen molar-refractivity contribution in [3.63, 3.8) is 0 Å². The molecule has 0 aliphatic heterocycles. The molecule has 1 atom stereocenters. The summed E-state index contributed by atoms with van der Waals surface area (Å²) in [5.74, 6) is -0.0133. The quantitative estimate of drug-likeness (QED) is 0.477. The molecule has 4 aromatic rings. The highest BCUT2D eigenvalue weighted by molar-refractivity contribution is 6.00. The average molecular weight is 397 g/mol. The Morgan fingerprint density at radius 2 is 1.77 bits per heavy atom. The molecule has 0 unspecified atom stereocenters. The van der Waals surface area contributed by atoms with Crippen molar-refractivity contribution in [2.24, 2.45) is 0 Å². The number of carbonyl (C=O) groups is 2. The van der Waals surface area contributed by atoms with Crippen molar-refractivity contribution in [3.05, 3.63) is 84.2 Å². The van der Waals surface area contributed by atoms with Gasteiger partial charge in [-0.25, -0.2) is 4.98 Å². The normalized spacial score (nSPS) is 12.0. The molecule has 3 aromatic carbocycles. The van der Waals surface area contributed by atoms with Gasteiger partial charge in [0.1, 0.15) is 6.33 Å². The molecule has 0 fully saturated rings. The van der Waals surface area contributed by atoms with Crippen molar-refractivity contribution >= 4 is 22.7 Å². The fraction of sp³-hybridized carbons (Fsp3) is 0.160. The number of Topliss-reactive ketones (excluding diaryl/α,β-unsaturated/α-hetero) is 1. The second kappa shape index (κ2) is 7.95. The van der Waals surface area contributed by atoms with E-state index in [1.807, 2.05) is 72.2 Å². The van der Waals surface area contributed by atoms with Gasteiger partial charge in [0.25, 0.3) is 0 Å². The number of benzene rings is 3. The molecule has 1 aromatic heterocycles. The molecule has 30 heavy (non-hydrogen) atoms. The number of fused-ring (bicyclic) bond motifs is 1. The molecular weight excluding hydrogens is 374 g/mol. The molecule has 0 bridgehead atoms. The fourth-order valence-electron chi connectivity index (χ4n) is 3.76. The molecule has 5 heteroatoms. The zero-order valence-corrected chi connectivity index (χ0v) is 17.2. The largest absolute Gasteiger partial charge is 0.350 e. The highest BCUT2D eigenvalue weighted by Crippen LogP contribution is 2.28. The molecule has 0 spiro atoms. The van der Waals surface area contributed by atoms with Crippen molar-refractivity contribution < 1.29 is 9.59 Å². The van der Waals surface area contributed by atoms with Crippen molar-refractivity contribution in [2.45, 2.75) is 26.8 Å². The number of hydrogen-bond donors (Lipinski definition) is 1. The first-order chi connectivity index (χ1) is 14.4. The van der Waals surface area contributed by atoms with E-state index in [0.29, 0.717) is 5.56 Å². The van der Waals surface area contributed by atoms with Crippen LogP contribution in [0.5, 0.6) is 0 Å². The van der Waals surface area contributed by atoms with E-state index in [4.69, 9.17) is 0 Å². The maximum Gasteiger partial charge on any atom is 0.217 e. The number of nitrogens with zero attached hydrogens (tertiary/aromatic N) is 2. The first-order valence-corrected chi connectivity index (χ1v) is 9.89. The number of imidazole rings is 1. The number of hydrogen-bond acceptors (Lipinski definition) is 3. The Kier molecular flexibility index (Phi) is 5.19. The van der Waals surface area contributed by atoms with Gasteiger partial charge < -0.3 is 5.32 Å². The van der Waals surface area contributed by atoms with Crippen LogP contribution in [0, 0.1) is 0 Å². The van der Waals surface area contributed by atoms with Gasteiger partial charge in [-0.15, -0.1) is 0 Å². The monoisotopic (exact) mass is 397 g/mol. The lowest BCUT2D eigenvalue weighted by Gasteiger charge is -2.13. The third kappa shape index (κ3) is 3.74. The Balaban J connectivity index is 1.74. The summed E-state index contributed by atoms with van der Waals surface area (Å²) in [7, 11) is 0. The Morgan fingerprint density at radius 3 is 2.53 bits per heavy atom. The van der Waals surface area contributed by atoms with Gasteiger partial charge >= 0.3 is 0 Å². The van der Waals surface area contributed by atoms with Crippen molar-refractivity contribution in [1.82, 2.24) is 14.9 Å². The summed E-state index contributed by atoms with van der Waals surface area (Å²) in [6, 6.07) is 21.7. The average Bonchev–Trinajstić information content (AvgIpc) is 3.16. The van der Waals surface area contributed by atoms with E-state index in [0.717, 1.165) is 33.4 Å². The lowest BCUT2D eigenvalue weighted by atomic mass is 9.97. The van der Waals surface area contributed by atoms with Gasteiger partial charge in [-0.3, -0.25) is 14.2 Å². The molecule has 0 aliphatic rings. The van der Waals surface area contributed by atoms with Crippen LogP contribution in [0.25, 0.3) is 27.8 Å². The van der Waals surface area contributed by atoms with Gasteiger partial charge in [-0.1, -0.05) is 42.5 Å². The second-order valence-electron chi connectivity index (χ2n) is 7.44. The first kappa shape index (κ1) is 19.6. The van der Waals surface area contributed by atoms with Crippen LogP contribution < -0.4 is 5.32 Å². The molecule has 5 nitrogen and oxygen atoms in total. The summed E-state index contributed by atoms with van der Waals surface area (Å²) in [6.07, 6.45) is 1.80. The number of ketones is 1. The van der Waals surface area contributed by atoms with Gasteiger partial charge in [-0.2, -0.15) is 0 Å². The van der Waals surface area contributed by atoms with E-state index >= 15 is 0 Å². The predicted octanol–water partition coefficient (Wildman–Crippen LogP) is 5.09. The standard InChI is InChI=1S/C25H23N3O2/c1-16(27-18(3)30)19-11-12-25-24(14-19)26-15-28(25)21-8-6-7-20(13-21)23-10-5-4-9-22(23)17(2)29/h4-16H,1-3H3,(H,27,30)/t16-/m0/s1. The van der Waals surface area contributed by atoms with Crippen LogP contribution in [-0.2, 0) is 4.79 Å². The van der Waals surface area contributed by atoms with Crippen LogP contribution in [0.1, 0.15) is 42.7 Å². The molecule has 1 N–H and O–H groups in total. The van der Waals surface area contributed by atoms with Crippen LogP contribution in [0.3, 0.4) is 0 Å². The number of aromatic nitrogens is 2. The minimum absolute atomic E-state index is 0.0462. The molecule has 4 rings (SSSR count). The summed E-state index contributed by atoms with van der Waals surface area (Å²) < 4.78 is 2.03. The predicted molar refractivity (Wildman–Crippen MR) is 119 cm³/mol. The molecule has 1 heterocycles. The van der Waals surface area contributed by atoms with Gasteiger partial charge in [0.15, 0.2) is 5.78 Å². The lowest BCUT2D eigenvalue weighted by molar-refractivity contribution is -0.119. The molecule has 0 aliphatic carbocycles. The first-order valence-electron chi connectivity index (χ1n) is 9.89. The maximum atomic E-state index is 12.0. The van der Waals surface area contributed by atoms with Gasteiger partial charge in [-0.05, 0) is 54.8 Å². The summed E-state index contributed by atoms with van der Waals surface area (Å²) >= 11 is 0. The summed E-state index contributed by atoms with van der Waals surface area (Å²) in [6.45, 7) is 5.06. The summed E-state index contributed by atoms with van der Waals surface area (Å²) in [5.41, 5.74) is 6.42. The van der Waals surface area contributed by atoms with E-state index in [2.05, 4.69) is 16.4 Å². The van der Waals surface area contributed by atoms with Crippen LogP contribution >= 0.6 is 0 Å². The van der Waals surface area contributed by atoms with Gasteiger partial charge in [0, 0.05) is 18.2 Å². The fourth-order valence-corrected chi connectivity index (χ4v) is 3.76. The van der Waals surface area contributed by atoms with Crippen LogP contribution in [0.15, 0.2) is 73.1 Å². The zero-order chi connectivity index (χ0) is 21.3. The van der Waals surface area contributed by atoms with Crippen molar-refractivity contribution in [3.8, 4) is 16.8 Å².